The van der Waals surface area contributed by atoms with Crippen molar-refractivity contribution in [1.29, 1.82) is 0 Å². The maximum Gasteiger partial charge on any atom is 0.353 e. The van der Waals surface area contributed by atoms with Crippen LogP contribution in [0.15, 0.2) is 30.3 Å². The summed E-state index contributed by atoms with van der Waals surface area (Å²) in [6, 6.07) is 5.53. The van der Waals surface area contributed by atoms with Gasteiger partial charge in [-0.25, -0.2) is 9.18 Å². The molecule has 5 nitrogen and oxygen atoms in total. The number of benzene rings is 1. The van der Waals surface area contributed by atoms with Gasteiger partial charge in [0.1, 0.15) is 10.7 Å². The Hall–Kier alpha value is -1.99. The van der Waals surface area contributed by atoms with Crippen LogP contribution in [0.1, 0.15) is 9.67 Å². The number of nitrogens with zero attached hydrogens (tertiary/aromatic N) is 1. The lowest BCUT2D eigenvalue weighted by molar-refractivity contribution is -0.385. The summed E-state index contributed by atoms with van der Waals surface area (Å²) in [7, 11) is 0. The van der Waals surface area contributed by atoms with Gasteiger partial charge < -0.3 is 4.74 Å². The van der Waals surface area contributed by atoms with E-state index in [1.54, 1.807) is 0 Å². The highest BCUT2D eigenvalue weighted by Gasteiger charge is 2.20. The van der Waals surface area contributed by atoms with Gasteiger partial charge in [0.15, 0.2) is 0 Å². The fourth-order valence-electron chi connectivity index (χ4n) is 1.29. The summed E-state index contributed by atoms with van der Waals surface area (Å²) in [6.07, 6.45) is 0. The predicted molar refractivity (Wildman–Crippen MR) is 67.3 cm³/mol. The number of thiophene rings is 1. The van der Waals surface area contributed by atoms with Crippen LogP contribution < -0.4 is 4.74 Å². The zero-order valence-corrected chi connectivity index (χ0v) is 10.7. The number of nitro groups is 1. The number of esters is 1. The number of hydrogen-bond donors (Lipinski definition) is 0. The molecule has 0 aliphatic heterocycles. The van der Waals surface area contributed by atoms with Crippen LogP contribution in [0.25, 0.3) is 0 Å². The van der Waals surface area contributed by atoms with Gasteiger partial charge in [-0.3, -0.25) is 10.1 Å². The molecule has 2 aromatic rings. The average molecular weight is 302 g/mol. The lowest BCUT2D eigenvalue weighted by Crippen LogP contribution is -2.08. The van der Waals surface area contributed by atoms with Gasteiger partial charge in [0, 0.05) is 12.1 Å². The molecule has 0 bridgehead atoms. The van der Waals surface area contributed by atoms with Crippen molar-refractivity contribution in [2.45, 2.75) is 0 Å². The predicted octanol–water partition coefficient (Wildman–Crippen LogP) is 3.67. The van der Waals surface area contributed by atoms with Crippen molar-refractivity contribution >= 4 is 34.6 Å². The molecule has 98 valence electrons. The van der Waals surface area contributed by atoms with Crippen molar-refractivity contribution in [3.05, 3.63) is 55.5 Å². The Morgan fingerprint density at radius 3 is 2.68 bits per heavy atom. The van der Waals surface area contributed by atoms with Crippen LogP contribution in [-0.4, -0.2) is 10.9 Å². The van der Waals surface area contributed by atoms with Gasteiger partial charge in [-0.2, -0.15) is 0 Å². The zero-order chi connectivity index (χ0) is 14.0. The number of rotatable bonds is 3. The molecule has 0 unspecified atom stereocenters. The molecule has 0 spiro atoms. The second-order valence-electron chi connectivity index (χ2n) is 3.36. The molecule has 1 aromatic heterocycles. The van der Waals surface area contributed by atoms with E-state index >= 15 is 0 Å². The summed E-state index contributed by atoms with van der Waals surface area (Å²) in [5.41, 5.74) is -0.489. The van der Waals surface area contributed by atoms with Crippen molar-refractivity contribution < 1.29 is 18.8 Å². The molecule has 1 heterocycles. The van der Waals surface area contributed by atoms with Crippen LogP contribution in [0.2, 0.25) is 4.34 Å². The third-order valence-corrected chi connectivity index (χ3v) is 3.31. The van der Waals surface area contributed by atoms with Gasteiger partial charge in [0.2, 0.25) is 5.75 Å². The topological polar surface area (TPSA) is 69.4 Å². The third-order valence-electron chi connectivity index (χ3n) is 2.10. The van der Waals surface area contributed by atoms with Crippen LogP contribution in [-0.2, 0) is 0 Å². The van der Waals surface area contributed by atoms with E-state index in [0.717, 1.165) is 29.5 Å². The van der Waals surface area contributed by atoms with Crippen LogP contribution in [0.5, 0.6) is 5.75 Å². The molecule has 1 aromatic carbocycles. The smallest absolute Gasteiger partial charge is 0.353 e. The van der Waals surface area contributed by atoms with Crippen LogP contribution in [0.4, 0.5) is 10.1 Å². The SMILES string of the molecule is O=C(Oc1cc(F)ccc1[N+](=O)[O-])c1ccc(Cl)s1. The number of nitro benzene ring substituents is 1. The van der Waals surface area contributed by atoms with Gasteiger partial charge >= 0.3 is 11.7 Å². The quantitative estimate of drug-likeness (QED) is 0.375. The number of carbonyl (C=O) groups is 1. The van der Waals surface area contributed by atoms with Crippen molar-refractivity contribution in [3.63, 3.8) is 0 Å². The number of halogens is 2. The Morgan fingerprint density at radius 2 is 2.11 bits per heavy atom. The zero-order valence-electron chi connectivity index (χ0n) is 9.13. The van der Waals surface area contributed by atoms with Crippen LogP contribution in [0.3, 0.4) is 0 Å². The number of hydrogen-bond acceptors (Lipinski definition) is 5. The first-order valence-electron chi connectivity index (χ1n) is 4.89. The second kappa shape index (κ2) is 5.33. The van der Waals surface area contributed by atoms with Gasteiger partial charge in [-0.05, 0) is 18.2 Å². The van der Waals surface area contributed by atoms with Crippen molar-refractivity contribution in [2.24, 2.45) is 0 Å². The minimum Gasteiger partial charge on any atom is -0.415 e. The van der Waals surface area contributed by atoms with Crippen LogP contribution in [0, 0.1) is 15.9 Å². The van der Waals surface area contributed by atoms with Gasteiger partial charge in [0.25, 0.3) is 0 Å². The molecule has 0 aliphatic carbocycles. The Morgan fingerprint density at radius 1 is 1.37 bits per heavy atom. The molecule has 0 aliphatic rings. The van der Waals surface area contributed by atoms with E-state index in [1.165, 1.54) is 12.1 Å². The van der Waals surface area contributed by atoms with Crippen LogP contribution >= 0.6 is 22.9 Å². The van der Waals surface area contributed by atoms with Crippen molar-refractivity contribution in [3.8, 4) is 5.75 Å². The summed E-state index contributed by atoms with van der Waals surface area (Å²) < 4.78 is 18.2. The van der Waals surface area contributed by atoms with Gasteiger partial charge in [0.05, 0.1) is 9.26 Å². The summed E-state index contributed by atoms with van der Waals surface area (Å²) >= 11 is 6.62. The standard InChI is InChI=1S/C11H5ClFNO4S/c12-10-4-3-9(19-10)11(15)18-8-5-6(13)1-2-7(8)14(16)17/h1-5H. The maximum atomic E-state index is 13.0. The fourth-order valence-corrected chi connectivity index (χ4v) is 2.21. The fraction of sp³-hybridized carbons (Fsp3) is 0. The lowest BCUT2D eigenvalue weighted by atomic mass is 10.3. The van der Waals surface area contributed by atoms with E-state index in [9.17, 15) is 19.3 Å². The highest BCUT2D eigenvalue weighted by molar-refractivity contribution is 7.17. The molecule has 0 radical (unpaired) electrons. The normalized spacial score (nSPS) is 10.2. The highest BCUT2D eigenvalue weighted by Crippen LogP contribution is 2.29. The first-order chi connectivity index (χ1) is 8.97. The molecule has 0 amide bonds. The molecule has 0 atom stereocenters. The van der Waals surface area contributed by atoms with Crippen molar-refractivity contribution in [2.75, 3.05) is 0 Å². The average Bonchev–Trinajstić information content (AvgIpc) is 2.75. The van der Waals surface area contributed by atoms with E-state index in [4.69, 9.17) is 16.3 Å². The minimum absolute atomic E-state index is 0.170. The third kappa shape index (κ3) is 3.07. The van der Waals surface area contributed by atoms with Gasteiger partial charge in [-0.15, -0.1) is 11.3 Å². The van der Waals surface area contributed by atoms with E-state index < -0.39 is 28.1 Å². The summed E-state index contributed by atoms with van der Waals surface area (Å²) in [5, 5.41) is 10.7. The number of carbonyl (C=O) groups excluding carboxylic acids is 1. The molecule has 0 saturated heterocycles. The maximum absolute atomic E-state index is 13.0. The Kier molecular flexibility index (Phi) is 3.77. The first kappa shape index (κ1) is 13.4. The molecule has 2 rings (SSSR count). The minimum atomic E-state index is -0.828. The molecular weight excluding hydrogens is 297 g/mol. The Balaban J connectivity index is 2.30. The largest absolute Gasteiger partial charge is 0.415 e. The van der Waals surface area contributed by atoms with E-state index in [0.29, 0.717) is 4.34 Å². The lowest BCUT2D eigenvalue weighted by Gasteiger charge is -2.03. The highest BCUT2D eigenvalue weighted by atomic mass is 35.5. The molecule has 19 heavy (non-hydrogen) atoms. The summed E-state index contributed by atoms with van der Waals surface area (Å²) in [6.45, 7) is 0. The van der Waals surface area contributed by atoms with E-state index in [-0.39, 0.29) is 4.88 Å². The Labute approximate surface area is 115 Å². The molecular formula is C11H5ClFNO4S. The number of ether oxygens (including phenoxy) is 1. The van der Waals surface area contributed by atoms with Crippen molar-refractivity contribution in [1.82, 2.24) is 0 Å². The molecule has 8 heteroatoms. The van der Waals surface area contributed by atoms with E-state index in [2.05, 4.69) is 0 Å². The second-order valence-corrected chi connectivity index (χ2v) is 5.08. The first-order valence-corrected chi connectivity index (χ1v) is 6.08. The molecule has 0 fully saturated rings. The van der Waals surface area contributed by atoms with E-state index in [1.807, 2.05) is 0 Å². The summed E-state index contributed by atoms with van der Waals surface area (Å²) in [4.78, 5) is 21.8. The molecule has 0 saturated carbocycles. The van der Waals surface area contributed by atoms with Gasteiger partial charge in [-0.1, -0.05) is 11.6 Å². The molecule has 0 N–H and O–H groups in total. The Bertz CT molecular complexity index is 658. The monoisotopic (exact) mass is 301 g/mol. The summed E-state index contributed by atoms with van der Waals surface area (Å²) in [5.74, 6) is -2.01.